The molecule has 0 radical (unpaired) electrons. The van der Waals surface area contributed by atoms with Crippen LogP contribution in [0, 0.1) is 0 Å². The monoisotopic (exact) mass is 317 g/mol. The van der Waals surface area contributed by atoms with Crippen LogP contribution in [0.2, 0.25) is 5.15 Å². The summed E-state index contributed by atoms with van der Waals surface area (Å²) in [7, 11) is 1.31. The molecule has 5 nitrogen and oxygen atoms in total. The van der Waals surface area contributed by atoms with Crippen LogP contribution in [0.3, 0.4) is 0 Å². The van der Waals surface area contributed by atoms with Crippen molar-refractivity contribution in [2.24, 2.45) is 0 Å². The van der Waals surface area contributed by atoms with E-state index in [-0.39, 0.29) is 5.15 Å². The van der Waals surface area contributed by atoms with Gasteiger partial charge in [0.05, 0.1) is 13.7 Å². The number of hydrogen-bond donors (Lipinski definition) is 1. The van der Waals surface area contributed by atoms with Gasteiger partial charge in [-0.1, -0.05) is 29.9 Å². The first-order valence-corrected chi connectivity index (χ1v) is 7.57. The van der Waals surface area contributed by atoms with Crippen LogP contribution < -0.4 is 5.32 Å². The summed E-state index contributed by atoms with van der Waals surface area (Å²) >= 11 is 8.70. The van der Waals surface area contributed by atoms with Crippen LogP contribution >= 0.6 is 34.3 Å². The van der Waals surface area contributed by atoms with Crippen LogP contribution in [0.25, 0.3) is 0 Å². The molecule has 0 aromatic carbocycles. The standard InChI is InChI=1S/C11H12ClN3O2S2/c1-3-6-4-13-7(18-6)5-14-11-15-9(12)8(19-11)10(16)17-2/h4H,3,5H2,1-2H3,(H,14,15). The second-order valence-electron chi connectivity index (χ2n) is 3.56. The highest BCUT2D eigenvalue weighted by Gasteiger charge is 2.17. The Bertz CT molecular complexity index is 582. The van der Waals surface area contributed by atoms with E-state index in [1.165, 1.54) is 23.3 Å². The summed E-state index contributed by atoms with van der Waals surface area (Å²) in [5, 5.41) is 4.82. The average Bonchev–Trinajstić information content (AvgIpc) is 3.01. The van der Waals surface area contributed by atoms with Gasteiger partial charge in [0, 0.05) is 11.1 Å². The minimum Gasteiger partial charge on any atom is -0.465 e. The number of nitrogens with one attached hydrogen (secondary N) is 1. The first-order valence-electron chi connectivity index (χ1n) is 5.56. The summed E-state index contributed by atoms with van der Waals surface area (Å²) in [5.74, 6) is -0.474. The van der Waals surface area contributed by atoms with Crippen LogP contribution in [0.4, 0.5) is 5.13 Å². The average molecular weight is 318 g/mol. The summed E-state index contributed by atoms with van der Waals surface area (Å²) in [5.41, 5.74) is 0. The number of anilines is 1. The number of carbonyl (C=O) groups is 1. The summed E-state index contributed by atoms with van der Waals surface area (Å²) in [6.07, 6.45) is 2.85. The van der Waals surface area contributed by atoms with Gasteiger partial charge in [-0.05, 0) is 6.42 Å². The SMILES string of the molecule is CCc1cnc(CNc2nc(Cl)c(C(=O)OC)s2)s1. The normalized spacial score (nSPS) is 10.5. The van der Waals surface area contributed by atoms with Crippen molar-refractivity contribution in [2.45, 2.75) is 19.9 Å². The van der Waals surface area contributed by atoms with E-state index in [1.54, 1.807) is 11.3 Å². The fourth-order valence-electron chi connectivity index (χ4n) is 1.34. The van der Waals surface area contributed by atoms with Crippen LogP contribution in [0.5, 0.6) is 0 Å². The van der Waals surface area contributed by atoms with Crippen LogP contribution in [-0.2, 0) is 17.7 Å². The molecule has 2 aromatic rings. The number of halogens is 1. The Labute approximate surface area is 123 Å². The Morgan fingerprint density at radius 3 is 2.95 bits per heavy atom. The van der Waals surface area contributed by atoms with Gasteiger partial charge in [0.25, 0.3) is 0 Å². The first-order chi connectivity index (χ1) is 9.13. The largest absolute Gasteiger partial charge is 0.465 e. The second-order valence-corrected chi connectivity index (χ2v) is 6.11. The van der Waals surface area contributed by atoms with E-state index < -0.39 is 5.97 Å². The summed E-state index contributed by atoms with van der Waals surface area (Å²) in [6, 6.07) is 0. The predicted octanol–water partition coefficient (Wildman–Crippen LogP) is 3.21. The lowest BCUT2D eigenvalue weighted by atomic mass is 10.4. The third kappa shape index (κ3) is 3.43. The van der Waals surface area contributed by atoms with Gasteiger partial charge < -0.3 is 10.1 Å². The van der Waals surface area contributed by atoms with E-state index in [0.717, 1.165) is 11.4 Å². The minimum atomic E-state index is -0.474. The van der Waals surface area contributed by atoms with Crippen LogP contribution in [0.15, 0.2) is 6.20 Å². The highest BCUT2D eigenvalue weighted by atomic mass is 35.5. The fraction of sp³-hybridized carbons (Fsp3) is 0.364. The van der Waals surface area contributed by atoms with Crippen molar-refractivity contribution in [3.05, 3.63) is 26.1 Å². The maximum atomic E-state index is 11.4. The number of carbonyl (C=O) groups excluding carboxylic acids is 1. The molecule has 19 heavy (non-hydrogen) atoms. The molecular formula is C11H12ClN3O2S2. The molecule has 0 aliphatic carbocycles. The van der Waals surface area contributed by atoms with Gasteiger partial charge in [-0.15, -0.1) is 11.3 Å². The Morgan fingerprint density at radius 2 is 2.32 bits per heavy atom. The van der Waals surface area contributed by atoms with Gasteiger partial charge in [0.2, 0.25) is 0 Å². The van der Waals surface area contributed by atoms with Crippen LogP contribution in [0.1, 0.15) is 26.5 Å². The molecule has 0 aliphatic rings. The molecule has 102 valence electrons. The molecule has 0 fully saturated rings. The molecule has 2 rings (SSSR count). The highest BCUT2D eigenvalue weighted by molar-refractivity contribution is 7.18. The molecule has 0 saturated carbocycles. The zero-order chi connectivity index (χ0) is 13.8. The number of esters is 1. The Morgan fingerprint density at radius 1 is 1.53 bits per heavy atom. The molecule has 0 atom stereocenters. The van der Waals surface area contributed by atoms with Gasteiger partial charge in [-0.3, -0.25) is 0 Å². The van der Waals surface area contributed by atoms with Gasteiger partial charge in [0.1, 0.15) is 5.01 Å². The number of rotatable bonds is 5. The van der Waals surface area contributed by atoms with E-state index >= 15 is 0 Å². The molecule has 0 saturated heterocycles. The van der Waals surface area contributed by atoms with E-state index in [2.05, 4.69) is 26.9 Å². The first kappa shape index (κ1) is 14.2. The lowest BCUT2D eigenvalue weighted by molar-refractivity contribution is 0.0606. The van der Waals surface area contributed by atoms with Gasteiger partial charge >= 0.3 is 5.97 Å². The molecular weight excluding hydrogens is 306 g/mol. The van der Waals surface area contributed by atoms with E-state index in [4.69, 9.17) is 11.6 Å². The van der Waals surface area contributed by atoms with Crippen molar-refractivity contribution in [3.63, 3.8) is 0 Å². The third-order valence-corrected chi connectivity index (χ3v) is 4.82. The molecule has 0 aliphatic heterocycles. The number of ether oxygens (including phenoxy) is 1. The quantitative estimate of drug-likeness (QED) is 0.858. The Hall–Kier alpha value is -1.18. The lowest BCUT2D eigenvalue weighted by Gasteiger charge is -1.97. The maximum absolute atomic E-state index is 11.4. The smallest absolute Gasteiger partial charge is 0.351 e. The second kappa shape index (κ2) is 6.31. The Balaban J connectivity index is 2.01. The molecule has 1 N–H and O–H groups in total. The summed E-state index contributed by atoms with van der Waals surface area (Å²) < 4.78 is 4.62. The summed E-state index contributed by atoms with van der Waals surface area (Å²) in [6.45, 7) is 2.66. The van der Waals surface area contributed by atoms with Crippen molar-refractivity contribution < 1.29 is 9.53 Å². The minimum absolute atomic E-state index is 0.160. The Kier molecular flexibility index (Phi) is 4.73. The molecule has 0 amide bonds. The van der Waals surface area contributed by atoms with Crippen LogP contribution in [-0.4, -0.2) is 23.0 Å². The number of methoxy groups -OCH3 is 1. The van der Waals surface area contributed by atoms with Crippen molar-refractivity contribution in [2.75, 3.05) is 12.4 Å². The summed E-state index contributed by atoms with van der Waals surface area (Å²) in [4.78, 5) is 21.3. The zero-order valence-corrected chi connectivity index (χ0v) is 12.8. The van der Waals surface area contributed by atoms with Crippen molar-refractivity contribution in [1.82, 2.24) is 9.97 Å². The van der Waals surface area contributed by atoms with Gasteiger partial charge in [0.15, 0.2) is 15.2 Å². The van der Waals surface area contributed by atoms with Crippen molar-refractivity contribution >= 4 is 45.4 Å². The number of aryl methyl sites for hydroxylation is 1. The molecule has 0 bridgehead atoms. The van der Waals surface area contributed by atoms with E-state index in [1.807, 2.05) is 6.20 Å². The van der Waals surface area contributed by atoms with E-state index in [0.29, 0.717) is 16.6 Å². The van der Waals surface area contributed by atoms with Crippen molar-refractivity contribution in [1.29, 1.82) is 0 Å². The molecule has 2 aromatic heterocycles. The lowest BCUT2D eigenvalue weighted by Crippen LogP contribution is -1.98. The van der Waals surface area contributed by atoms with Gasteiger partial charge in [-0.2, -0.15) is 0 Å². The zero-order valence-electron chi connectivity index (χ0n) is 10.4. The number of thiazole rings is 2. The van der Waals surface area contributed by atoms with E-state index in [9.17, 15) is 4.79 Å². The van der Waals surface area contributed by atoms with Crippen molar-refractivity contribution in [3.8, 4) is 0 Å². The molecule has 2 heterocycles. The molecule has 0 unspecified atom stereocenters. The molecule has 0 spiro atoms. The molecule has 8 heteroatoms. The van der Waals surface area contributed by atoms with Gasteiger partial charge in [-0.25, -0.2) is 14.8 Å². The number of aromatic nitrogens is 2. The predicted molar refractivity (Wildman–Crippen MR) is 77.3 cm³/mol. The fourth-order valence-corrected chi connectivity index (χ4v) is 3.24. The number of nitrogens with zero attached hydrogens (tertiary/aromatic N) is 2. The maximum Gasteiger partial charge on any atom is 0.351 e. The topological polar surface area (TPSA) is 64.1 Å². The highest BCUT2D eigenvalue weighted by Crippen LogP contribution is 2.28. The third-order valence-electron chi connectivity index (χ3n) is 2.30. The number of hydrogen-bond acceptors (Lipinski definition) is 7.